The molecule has 0 aromatic carbocycles. The van der Waals surface area contributed by atoms with E-state index in [-0.39, 0.29) is 5.97 Å². The van der Waals surface area contributed by atoms with Gasteiger partial charge in [0.2, 0.25) is 0 Å². The lowest BCUT2D eigenvalue weighted by Gasteiger charge is -2.04. The fraction of sp³-hybridized carbons (Fsp3) is 0.400. The van der Waals surface area contributed by atoms with Gasteiger partial charge in [-0.3, -0.25) is 4.79 Å². The zero-order valence-corrected chi connectivity index (χ0v) is 11.0. The highest BCUT2D eigenvalue weighted by Crippen LogP contribution is 2.22. The van der Waals surface area contributed by atoms with E-state index in [2.05, 4.69) is 20.9 Å². The number of pyridine rings is 1. The van der Waals surface area contributed by atoms with E-state index < -0.39 is 0 Å². The van der Waals surface area contributed by atoms with Gasteiger partial charge in [-0.15, -0.1) is 0 Å². The summed E-state index contributed by atoms with van der Waals surface area (Å²) in [5.41, 5.74) is 1.05. The van der Waals surface area contributed by atoms with Gasteiger partial charge in [0.25, 0.3) is 0 Å². The summed E-state index contributed by atoms with van der Waals surface area (Å²) in [6, 6.07) is 1.97. The molecular weight excluding hydrogens is 278 g/mol. The van der Waals surface area contributed by atoms with Crippen LogP contribution in [0.3, 0.4) is 0 Å². The van der Waals surface area contributed by atoms with Crippen LogP contribution >= 0.6 is 27.7 Å². The van der Waals surface area contributed by atoms with Crippen molar-refractivity contribution in [1.29, 1.82) is 0 Å². The Morgan fingerprint density at radius 2 is 2.40 bits per heavy atom. The minimum atomic E-state index is -0.202. The molecule has 5 heteroatoms. The second-order valence-corrected chi connectivity index (χ2v) is 4.75. The number of carbonyl (C=O) groups excluding carboxylic acids is 1. The average molecular weight is 290 g/mol. The van der Waals surface area contributed by atoms with Crippen molar-refractivity contribution in [3.63, 3.8) is 0 Å². The lowest BCUT2D eigenvalue weighted by molar-refractivity contribution is -0.139. The molecule has 1 aromatic rings. The molecule has 0 spiro atoms. The van der Waals surface area contributed by atoms with Crippen LogP contribution in [0.15, 0.2) is 21.8 Å². The molecule has 0 unspecified atom stereocenters. The summed E-state index contributed by atoms with van der Waals surface area (Å²) in [4.78, 5) is 15.3. The average Bonchev–Trinajstić information content (AvgIpc) is 2.17. The van der Waals surface area contributed by atoms with E-state index in [4.69, 9.17) is 4.74 Å². The predicted molar refractivity (Wildman–Crippen MR) is 64.0 cm³/mol. The van der Waals surface area contributed by atoms with Crippen LogP contribution in [0.2, 0.25) is 0 Å². The Bertz CT molecular complexity index is 357. The maximum Gasteiger partial charge on any atom is 0.316 e. The van der Waals surface area contributed by atoms with Gasteiger partial charge in [0.15, 0.2) is 0 Å². The first-order chi connectivity index (χ1) is 7.13. The quantitative estimate of drug-likeness (QED) is 0.631. The van der Waals surface area contributed by atoms with Crippen molar-refractivity contribution in [3.05, 3.63) is 22.3 Å². The summed E-state index contributed by atoms with van der Waals surface area (Å²) in [5.74, 6) is 0.107. The number of aryl methyl sites for hydroxylation is 1. The van der Waals surface area contributed by atoms with Gasteiger partial charge in [-0.1, -0.05) is 11.8 Å². The molecular formula is C10H12BrNO2S. The van der Waals surface area contributed by atoms with Crippen molar-refractivity contribution in [1.82, 2.24) is 4.98 Å². The normalized spacial score (nSPS) is 10.1. The first-order valence-corrected chi connectivity index (χ1v) is 6.32. The molecule has 3 nitrogen and oxygen atoms in total. The van der Waals surface area contributed by atoms with E-state index in [1.165, 1.54) is 11.8 Å². The second kappa shape index (κ2) is 6.12. The van der Waals surface area contributed by atoms with Gasteiger partial charge in [0.1, 0.15) is 0 Å². The molecule has 0 aliphatic carbocycles. The van der Waals surface area contributed by atoms with E-state index in [9.17, 15) is 4.79 Å². The lowest BCUT2D eigenvalue weighted by Crippen LogP contribution is -2.06. The molecule has 0 bridgehead atoms. The number of hydrogen-bond acceptors (Lipinski definition) is 4. The smallest absolute Gasteiger partial charge is 0.316 e. The molecule has 0 aliphatic rings. The summed E-state index contributed by atoms with van der Waals surface area (Å²) >= 11 is 4.74. The Balaban J connectivity index is 2.54. The molecule has 1 rings (SSSR count). The van der Waals surface area contributed by atoms with Crippen LogP contribution in [-0.4, -0.2) is 23.3 Å². The van der Waals surface area contributed by atoms with Crippen molar-refractivity contribution in [2.75, 3.05) is 12.4 Å². The highest BCUT2D eigenvalue weighted by Gasteiger charge is 2.06. The summed E-state index contributed by atoms with van der Waals surface area (Å²) in [6.45, 7) is 4.18. The molecule has 1 heterocycles. The number of esters is 1. The molecule has 0 atom stereocenters. The molecule has 0 aliphatic heterocycles. The maximum atomic E-state index is 11.1. The Kier molecular flexibility index (Phi) is 5.11. The SMILES string of the molecule is CCOC(=O)CSc1ncc(Br)cc1C. The summed E-state index contributed by atoms with van der Waals surface area (Å²) < 4.78 is 5.78. The van der Waals surface area contributed by atoms with Gasteiger partial charge in [0, 0.05) is 10.7 Å². The monoisotopic (exact) mass is 289 g/mol. The van der Waals surface area contributed by atoms with Gasteiger partial charge in [-0.05, 0) is 41.4 Å². The van der Waals surface area contributed by atoms with E-state index in [0.717, 1.165) is 15.1 Å². The molecule has 0 radical (unpaired) electrons. The molecule has 0 amide bonds. The van der Waals surface area contributed by atoms with Crippen LogP contribution in [0.4, 0.5) is 0 Å². The van der Waals surface area contributed by atoms with Crippen LogP contribution in [0.5, 0.6) is 0 Å². The highest BCUT2D eigenvalue weighted by atomic mass is 79.9. The predicted octanol–water partition coefficient (Wildman–Crippen LogP) is 2.81. The first kappa shape index (κ1) is 12.5. The molecule has 0 saturated carbocycles. The maximum absolute atomic E-state index is 11.1. The van der Waals surface area contributed by atoms with Crippen LogP contribution in [0.25, 0.3) is 0 Å². The van der Waals surface area contributed by atoms with Crippen LogP contribution in [-0.2, 0) is 9.53 Å². The summed E-state index contributed by atoms with van der Waals surface area (Å²) in [6.07, 6.45) is 1.72. The van der Waals surface area contributed by atoms with Crippen molar-refractivity contribution in [3.8, 4) is 0 Å². The number of carbonyl (C=O) groups is 1. The van der Waals surface area contributed by atoms with E-state index >= 15 is 0 Å². The molecule has 0 N–H and O–H groups in total. The number of aromatic nitrogens is 1. The number of rotatable bonds is 4. The van der Waals surface area contributed by atoms with Gasteiger partial charge in [-0.2, -0.15) is 0 Å². The van der Waals surface area contributed by atoms with E-state index in [1.54, 1.807) is 13.1 Å². The zero-order chi connectivity index (χ0) is 11.3. The summed E-state index contributed by atoms with van der Waals surface area (Å²) in [7, 11) is 0. The van der Waals surface area contributed by atoms with Gasteiger partial charge >= 0.3 is 5.97 Å². The van der Waals surface area contributed by atoms with Crippen molar-refractivity contribution in [2.45, 2.75) is 18.9 Å². The van der Waals surface area contributed by atoms with Gasteiger partial charge in [0.05, 0.1) is 17.4 Å². The number of ether oxygens (including phenoxy) is 1. The number of hydrogen-bond donors (Lipinski definition) is 0. The topological polar surface area (TPSA) is 39.2 Å². The Hall–Kier alpha value is -0.550. The fourth-order valence-corrected chi connectivity index (χ4v) is 2.21. The van der Waals surface area contributed by atoms with Crippen molar-refractivity contribution < 1.29 is 9.53 Å². The number of nitrogens with zero attached hydrogens (tertiary/aromatic N) is 1. The van der Waals surface area contributed by atoms with Gasteiger partial charge < -0.3 is 4.74 Å². The molecule has 1 aromatic heterocycles. The molecule has 0 saturated heterocycles. The Morgan fingerprint density at radius 1 is 1.67 bits per heavy atom. The Morgan fingerprint density at radius 3 is 3.00 bits per heavy atom. The minimum Gasteiger partial charge on any atom is -0.465 e. The van der Waals surface area contributed by atoms with Crippen molar-refractivity contribution >= 4 is 33.7 Å². The second-order valence-electron chi connectivity index (χ2n) is 2.87. The fourth-order valence-electron chi connectivity index (χ4n) is 1.01. The number of thioether (sulfide) groups is 1. The first-order valence-electron chi connectivity index (χ1n) is 4.54. The molecule has 15 heavy (non-hydrogen) atoms. The highest BCUT2D eigenvalue weighted by molar-refractivity contribution is 9.10. The molecule has 0 fully saturated rings. The van der Waals surface area contributed by atoms with Crippen LogP contribution in [0.1, 0.15) is 12.5 Å². The largest absolute Gasteiger partial charge is 0.465 e. The van der Waals surface area contributed by atoms with Crippen LogP contribution < -0.4 is 0 Å². The molecule has 82 valence electrons. The van der Waals surface area contributed by atoms with Gasteiger partial charge in [-0.25, -0.2) is 4.98 Å². The van der Waals surface area contributed by atoms with E-state index in [0.29, 0.717) is 12.4 Å². The van der Waals surface area contributed by atoms with Crippen molar-refractivity contribution in [2.24, 2.45) is 0 Å². The lowest BCUT2D eigenvalue weighted by atomic mass is 10.3. The summed E-state index contributed by atoms with van der Waals surface area (Å²) in [5, 5.41) is 0.867. The van der Waals surface area contributed by atoms with Crippen LogP contribution in [0, 0.1) is 6.92 Å². The third-order valence-corrected chi connectivity index (χ3v) is 3.14. The zero-order valence-electron chi connectivity index (χ0n) is 8.62. The standard InChI is InChI=1S/C10H12BrNO2S/c1-3-14-9(13)6-15-10-7(2)4-8(11)5-12-10/h4-5H,3,6H2,1-2H3. The number of halogens is 1. The third kappa shape index (κ3) is 4.22. The minimum absolute atomic E-state index is 0.202. The Labute approximate surface area is 102 Å². The third-order valence-electron chi connectivity index (χ3n) is 1.63. The van der Waals surface area contributed by atoms with E-state index in [1.807, 2.05) is 13.0 Å².